The predicted molar refractivity (Wildman–Crippen MR) is 118 cm³/mol. The van der Waals surface area contributed by atoms with Crippen LogP contribution >= 0.6 is 39.3 Å². The highest BCUT2D eigenvalue weighted by Crippen LogP contribution is 2.28. The zero-order valence-electron chi connectivity index (χ0n) is 14.9. The summed E-state index contributed by atoms with van der Waals surface area (Å²) in [6, 6.07) is 20.8. The van der Waals surface area contributed by atoms with Crippen molar-refractivity contribution in [3.63, 3.8) is 0 Å². The van der Waals surface area contributed by atoms with E-state index in [1.54, 1.807) is 30.1 Å². The van der Waals surface area contributed by atoms with Crippen molar-refractivity contribution in [1.29, 1.82) is 0 Å². The van der Waals surface area contributed by atoms with E-state index in [-0.39, 0.29) is 5.91 Å². The number of rotatable bonds is 6. The molecule has 0 atom stereocenters. The molecule has 0 bridgehead atoms. The van der Waals surface area contributed by atoms with Gasteiger partial charge in [-0.3, -0.25) is 4.79 Å². The molecule has 3 rings (SSSR count). The van der Waals surface area contributed by atoms with Gasteiger partial charge in [0.2, 0.25) is 0 Å². The Morgan fingerprint density at radius 3 is 2.36 bits per heavy atom. The van der Waals surface area contributed by atoms with E-state index in [4.69, 9.17) is 16.3 Å². The molecule has 7 heteroatoms. The van der Waals surface area contributed by atoms with E-state index in [0.29, 0.717) is 11.3 Å². The molecule has 3 aromatic rings. The Kier molecular flexibility index (Phi) is 7.14. The second kappa shape index (κ2) is 9.78. The van der Waals surface area contributed by atoms with E-state index in [1.165, 1.54) is 7.11 Å². The van der Waals surface area contributed by atoms with Crippen LogP contribution in [0.25, 0.3) is 0 Å². The van der Waals surface area contributed by atoms with Crippen molar-refractivity contribution in [2.45, 2.75) is 9.79 Å². The molecule has 142 valence electrons. The molecular weight excluding hydrogens is 460 g/mol. The lowest BCUT2D eigenvalue weighted by atomic mass is 10.2. The first-order chi connectivity index (χ1) is 13.5. The first kappa shape index (κ1) is 20.5. The number of halogens is 2. The molecule has 0 radical (unpaired) electrons. The van der Waals surface area contributed by atoms with Gasteiger partial charge in [0.1, 0.15) is 5.75 Å². The minimum Gasteiger partial charge on any atom is -0.496 e. The maximum atomic E-state index is 12.3. The number of benzene rings is 3. The number of ether oxygens (including phenoxy) is 1. The summed E-state index contributed by atoms with van der Waals surface area (Å²) in [7, 11) is 1.52. The molecule has 0 aromatic heterocycles. The van der Waals surface area contributed by atoms with Crippen molar-refractivity contribution in [1.82, 2.24) is 5.43 Å². The molecule has 0 heterocycles. The van der Waals surface area contributed by atoms with Gasteiger partial charge in [0.15, 0.2) is 0 Å². The normalized spacial score (nSPS) is 10.8. The number of amides is 1. The van der Waals surface area contributed by atoms with E-state index >= 15 is 0 Å². The fourth-order valence-corrected chi connectivity index (χ4v) is 3.65. The van der Waals surface area contributed by atoms with Crippen LogP contribution in [0.3, 0.4) is 0 Å². The number of nitrogens with zero attached hydrogens (tertiary/aromatic N) is 1. The van der Waals surface area contributed by atoms with Gasteiger partial charge in [-0.15, -0.1) is 0 Å². The third kappa shape index (κ3) is 5.61. The molecule has 4 nitrogen and oxygen atoms in total. The van der Waals surface area contributed by atoms with Crippen LogP contribution in [-0.4, -0.2) is 19.2 Å². The molecule has 0 fully saturated rings. The van der Waals surface area contributed by atoms with Gasteiger partial charge in [-0.2, -0.15) is 5.10 Å². The molecule has 3 aromatic carbocycles. The van der Waals surface area contributed by atoms with Crippen LogP contribution in [0, 0.1) is 0 Å². The smallest absolute Gasteiger partial charge is 0.275 e. The van der Waals surface area contributed by atoms with Gasteiger partial charge in [-0.1, -0.05) is 51.4 Å². The quantitative estimate of drug-likeness (QED) is 0.350. The van der Waals surface area contributed by atoms with E-state index in [2.05, 4.69) is 26.5 Å². The summed E-state index contributed by atoms with van der Waals surface area (Å²) < 4.78 is 6.00. The van der Waals surface area contributed by atoms with E-state index in [0.717, 1.165) is 24.8 Å². The zero-order chi connectivity index (χ0) is 19.9. The first-order valence-corrected chi connectivity index (χ1v) is 10.2. The van der Waals surface area contributed by atoms with Gasteiger partial charge in [0.05, 0.1) is 18.9 Å². The maximum Gasteiger partial charge on any atom is 0.275 e. The highest BCUT2D eigenvalue weighted by molar-refractivity contribution is 9.10. The van der Waals surface area contributed by atoms with Gasteiger partial charge >= 0.3 is 0 Å². The van der Waals surface area contributed by atoms with Crippen molar-refractivity contribution in [2.24, 2.45) is 5.10 Å². The Morgan fingerprint density at radius 1 is 1.07 bits per heavy atom. The molecular formula is C21H16BrClN2O2S. The third-order valence-electron chi connectivity index (χ3n) is 3.72. The van der Waals surface area contributed by atoms with Gasteiger partial charge in [0.25, 0.3) is 5.91 Å². The molecule has 0 aliphatic carbocycles. The van der Waals surface area contributed by atoms with Crippen LogP contribution in [-0.2, 0) is 0 Å². The number of carbonyl (C=O) groups excluding carboxylic acids is 1. The number of methoxy groups -OCH3 is 1. The Balaban J connectivity index is 1.61. The zero-order valence-corrected chi connectivity index (χ0v) is 18.0. The minimum atomic E-state index is -0.343. The molecule has 0 saturated heterocycles. The Morgan fingerprint density at radius 2 is 1.71 bits per heavy atom. The van der Waals surface area contributed by atoms with E-state index in [1.807, 2.05) is 54.6 Å². The maximum absolute atomic E-state index is 12.3. The van der Waals surface area contributed by atoms with Crippen molar-refractivity contribution in [2.75, 3.05) is 7.11 Å². The summed E-state index contributed by atoms with van der Waals surface area (Å²) in [6.45, 7) is 0. The van der Waals surface area contributed by atoms with Crippen LogP contribution in [0.5, 0.6) is 5.75 Å². The molecule has 0 spiro atoms. The Bertz CT molecular complexity index is 992. The second-order valence-corrected chi connectivity index (χ2v) is 8.17. The molecule has 0 aliphatic heterocycles. The largest absolute Gasteiger partial charge is 0.496 e. The second-order valence-electron chi connectivity index (χ2n) is 5.67. The molecule has 1 N–H and O–H groups in total. The average molecular weight is 476 g/mol. The predicted octanol–water partition coefficient (Wildman–Crippen LogP) is 6.03. The van der Waals surface area contributed by atoms with Crippen LogP contribution < -0.4 is 10.2 Å². The van der Waals surface area contributed by atoms with Crippen LogP contribution in [0.15, 0.2) is 86.1 Å². The van der Waals surface area contributed by atoms with Crippen LogP contribution in [0.2, 0.25) is 5.02 Å². The number of hydrazone groups is 1. The van der Waals surface area contributed by atoms with Gasteiger partial charge < -0.3 is 4.74 Å². The standard InChI is InChI=1S/C21H16BrClN2O2S/c1-27-20-11-4-15(22)12-19(20)21(26)25-24-13-14-2-7-17(8-3-14)28-18-9-5-16(23)6-10-18/h2-13H,1H3,(H,25,26)/b24-13-. The highest BCUT2D eigenvalue weighted by atomic mass is 79.9. The number of nitrogens with one attached hydrogen (secondary N) is 1. The SMILES string of the molecule is COc1ccc(Br)cc1C(=O)N/N=C\c1ccc(Sc2ccc(Cl)cc2)cc1. The summed E-state index contributed by atoms with van der Waals surface area (Å²) in [5.41, 5.74) is 3.80. The summed E-state index contributed by atoms with van der Waals surface area (Å²) in [5, 5.41) is 4.75. The molecule has 1 amide bonds. The van der Waals surface area contributed by atoms with Crippen molar-refractivity contribution in [3.8, 4) is 5.75 Å². The van der Waals surface area contributed by atoms with Crippen molar-refractivity contribution >= 4 is 51.4 Å². The van der Waals surface area contributed by atoms with Crippen molar-refractivity contribution in [3.05, 3.63) is 87.4 Å². The molecule has 28 heavy (non-hydrogen) atoms. The lowest BCUT2D eigenvalue weighted by molar-refractivity contribution is 0.0952. The highest BCUT2D eigenvalue weighted by Gasteiger charge is 2.11. The van der Waals surface area contributed by atoms with Crippen LogP contribution in [0.1, 0.15) is 15.9 Å². The summed E-state index contributed by atoms with van der Waals surface area (Å²) in [4.78, 5) is 14.5. The van der Waals surface area contributed by atoms with E-state index in [9.17, 15) is 4.79 Å². The van der Waals surface area contributed by atoms with Gasteiger partial charge in [-0.05, 0) is 60.2 Å². The fraction of sp³-hybridized carbons (Fsp3) is 0.0476. The molecule has 0 unspecified atom stereocenters. The number of hydrogen-bond donors (Lipinski definition) is 1. The van der Waals surface area contributed by atoms with Crippen LogP contribution in [0.4, 0.5) is 0 Å². The third-order valence-corrected chi connectivity index (χ3v) is 5.48. The number of hydrogen-bond acceptors (Lipinski definition) is 4. The Labute approximate surface area is 181 Å². The Hall–Kier alpha value is -2.28. The average Bonchev–Trinajstić information content (AvgIpc) is 2.71. The lowest BCUT2D eigenvalue weighted by Crippen LogP contribution is -2.18. The summed E-state index contributed by atoms with van der Waals surface area (Å²) in [6.07, 6.45) is 1.60. The number of carbonyl (C=O) groups is 1. The minimum absolute atomic E-state index is 0.343. The van der Waals surface area contributed by atoms with Gasteiger partial charge in [0, 0.05) is 19.3 Å². The molecule has 0 saturated carbocycles. The van der Waals surface area contributed by atoms with Crippen molar-refractivity contribution < 1.29 is 9.53 Å². The van der Waals surface area contributed by atoms with E-state index < -0.39 is 0 Å². The molecule has 0 aliphatic rings. The monoisotopic (exact) mass is 474 g/mol. The van der Waals surface area contributed by atoms with Gasteiger partial charge in [-0.25, -0.2) is 5.43 Å². The summed E-state index contributed by atoms with van der Waals surface area (Å²) in [5.74, 6) is 0.142. The fourth-order valence-electron chi connectivity index (χ4n) is 2.34. The topological polar surface area (TPSA) is 50.7 Å². The lowest BCUT2D eigenvalue weighted by Gasteiger charge is -2.07. The summed E-state index contributed by atoms with van der Waals surface area (Å²) >= 11 is 10.9. The first-order valence-electron chi connectivity index (χ1n) is 8.25.